The monoisotopic (exact) mass is 428 g/mol. The van der Waals surface area contributed by atoms with Crippen molar-refractivity contribution in [3.8, 4) is 0 Å². The molecule has 1 aliphatic rings. The summed E-state index contributed by atoms with van der Waals surface area (Å²) in [6, 6.07) is -3.93. The molecule has 0 spiro atoms. The van der Waals surface area contributed by atoms with E-state index in [-0.39, 0.29) is 17.7 Å². The maximum absolute atomic E-state index is 12.9. The Morgan fingerprint density at radius 1 is 1.10 bits per heavy atom. The number of carbonyl (C=O) groups is 4. The second kappa shape index (κ2) is 11.3. The molecule has 10 nitrogen and oxygen atoms in total. The number of hydrogen-bond donors (Lipinski definition) is 5. The number of amides is 3. The first-order valence-electron chi connectivity index (χ1n) is 10.5. The summed E-state index contributed by atoms with van der Waals surface area (Å²) in [6.07, 6.45) is 0.358. The quantitative estimate of drug-likeness (QED) is 0.311. The number of aliphatic carboxylic acids is 1. The molecular weight excluding hydrogens is 392 g/mol. The van der Waals surface area contributed by atoms with Crippen LogP contribution in [-0.2, 0) is 19.2 Å². The summed E-state index contributed by atoms with van der Waals surface area (Å²) in [5.41, 5.74) is 5.97. The minimum absolute atomic E-state index is 0.0751. The van der Waals surface area contributed by atoms with Crippen molar-refractivity contribution in [2.45, 2.75) is 84.2 Å². The largest absolute Gasteiger partial charge is 0.480 e. The molecule has 1 rings (SSSR count). The maximum atomic E-state index is 12.9. The highest BCUT2D eigenvalue weighted by atomic mass is 16.4. The Morgan fingerprint density at radius 2 is 1.70 bits per heavy atom. The lowest BCUT2D eigenvalue weighted by Gasteiger charge is -2.31. The lowest BCUT2D eigenvalue weighted by molar-refractivity contribution is -0.146. The van der Waals surface area contributed by atoms with Crippen LogP contribution in [0.1, 0.15) is 53.9 Å². The van der Waals surface area contributed by atoms with Gasteiger partial charge >= 0.3 is 5.97 Å². The van der Waals surface area contributed by atoms with E-state index < -0.39 is 48.1 Å². The maximum Gasteiger partial charge on any atom is 0.328 e. The summed E-state index contributed by atoms with van der Waals surface area (Å²) in [7, 11) is 0. The second-order valence-electron chi connectivity index (χ2n) is 8.40. The van der Waals surface area contributed by atoms with Crippen molar-refractivity contribution in [3.63, 3.8) is 0 Å². The van der Waals surface area contributed by atoms with Crippen LogP contribution in [0.3, 0.4) is 0 Å². The lowest BCUT2D eigenvalue weighted by Crippen LogP contribution is -2.59. The summed E-state index contributed by atoms with van der Waals surface area (Å²) in [6.45, 7) is 8.94. The normalized spacial score (nSPS) is 21.5. The van der Waals surface area contributed by atoms with E-state index in [0.29, 0.717) is 25.8 Å². The fraction of sp³-hybridized carbons (Fsp3) is 0.800. The highest BCUT2D eigenvalue weighted by Gasteiger charge is 2.39. The Hall–Kier alpha value is -2.20. The number of carbonyl (C=O) groups excluding carboxylic acids is 3. The number of nitrogens with one attached hydrogen (secondary N) is 2. The van der Waals surface area contributed by atoms with Crippen molar-refractivity contribution in [1.29, 1.82) is 0 Å². The minimum Gasteiger partial charge on any atom is -0.480 e. The van der Waals surface area contributed by atoms with Gasteiger partial charge in [0.2, 0.25) is 17.7 Å². The van der Waals surface area contributed by atoms with E-state index in [9.17, 15) is 29.4 Å². The first-order valence-corrected chi connectivity index (χ1v) is 10.5. The van der Waals surface area contributed by atoms with Gasteiger partial charge in [0.1, 0.15) is 12.1 Å². The van der Waals surface area contributed by atoms with Crippen LogP contribution in [0.4, 0.5) is 0 Å². The van der Waals surface area contributed by atoms with E-state index in [1.165, 1.54) is 11.8 Å². The van der Waals surface area contributed by atoms with Crippen LogP contribution in [0.15, 0.2) is 0 Å². The second-order valence-corrected chi connectivity index (χ2v) is 8.40. The zero-order valence-electron chi connectivity index (χ0n) is 18.4. The highest BCUT2D eigenvalue weighted by Crippen LogP contribution is 2.20. The van der Waals surface area contributed by atoms with Crippen molar-refractivity contribution in [2.75, 3.05) is 6.54 Å². The third kappa shape index (κ3) is 6.40. The molecule has 0 saturated carbocycles. The molecule has 10 heteroatoms. The number of hydrogen-bond acceptors (Lipinski definition) is 6. The summed E-state index contributed by atoms with van der Waals surface area (Å²) >= 11 is 0. The van der Waals surface area contributed by atoms with Gasteiger partial charge in [0.25, 0.3) is 0 Å². The number of carboxylic acids is 1. The standard InChI is InChI=1S/C20H36N4O6/c1-6-11(4)15(18(27)23-16(12(5)25)20(29)30)22-17(26)13-8-7-9-24(13)19(28)14(21)10(2)3/h10-16,25H,6-9,21H2,1-5H3,(H,22,26)(H,23,27)(H,29,30)/t11-,12+,13-,14-,15-,16-/m0/s1. The first kappa shape index (κ1) is 25.8. The number of nitrogens with two attached hydrogens (primary N) is 1. The van der Waals surface area contributed by atoms with Gasteiger partial charge in [-0.05, 0) is 31.6 Å². The molecule has 0 unspecified atom stereocenters. The van der Waals surface area contributed by atoms with E-state index in [0.717, 1.165) is 0 Å². The van der Waals surface area contributed by atoms with Crippen LogP contribution in [0.2, 0.25) is 0 Å². The van der Waals surface area contributed by atoms with Crippen LogP contribution >= 0.6 is 0 Å². The van der Waals surface area contributed by atoms with Crippen molar-refractivity contribution in [2.24, 2.45) is 17.6 Å². The number of nitrogens with zero attached hydrogens (tertiary/aromatic N) is 1. The van der Waals surface area contributed by atoms with Crippen LogP contribution in [0, 0.1) is 11.8 Å². The zero-order valence-corrected chi connectivity index (χ0v) is 18.4. The van der Waals surface area contributed by atoms with Gasteiger partial charge in [-0.3, -0.25) is 14.4 Å². The van der Waals surface area contributed by atoms with Gasteiger partial charge < -0.3 is 31.5 Å². The Balaban J connectivity index is 2.96. The summed E-state index contributed by atoms with van der Waals surface area (Å²) in [4.78, 5) is 51.1. The van der Waals surface area contributed by atoms with Gasteiger partial charge in [-0.25, -0.2) is 4.79 Å². The fourth-order valence-corrected chi connectivity index (χ4v) is 3.36. The van der Waals surface area contributed by atoms with Gasteiger partial charge in [0, 0.05) is 6.54 Å². The van der Waals surface area contributed by atoms with E-state index in [1.807, 2.05) is 20.8 Å². The van der Waals surface area contributed by atoms with Crippen LogP contribution in [0.25, 0.3) is 0 Å². The average Bonchev–Trinajstić information content (AvgIpc) is 3.17. The molecule has 0 radical (unpaired) electrons. The molecule has 3 amide bonds. The molecule has 0 aliphatic carbocycles. The molecule has 0 aromatic heterocycles. The third-order valence-electron chi connectivity index (χ3n) is 5.68. The highest BCUT2D eigenvalue weighted by molar-refractivity contribution is 5.94. The summed E-state index contributed by atoms with van der Waals surface area (Å²) < 4.78 is 0. The Labute approximate surface area is 177 Å². The van der Waals surface area contributed by atoms with Gasteiger partial charge in [0.15, 0.2) is 6.04 Å². The molecule has 1 saturated heterocycles. The molecule has 0 bridgehead atoms. The molecule has 0 aromatic carbocycles. The topological polar surface area (TPSA) is 162 Å². The molecule has 1 aliphatic heterocycles. The summed E-state index contributed by atoms with van der Waals surface area (Å²) in [5.74, 6) is -3.20. The van der Waals surface area contributed by atoms with E-state index in [2.05, 4.69) is 10.6 Å². The van der Waals surface area contributed by atoms with Crippen molar-refractivity contribution in [1.82, 2.24) is 15.5 Å². The third-order valence-corrected chi connectivity index (χ3v) is 5.68. The number of aliphatic hydroxyl groups is 1. The summed E-state index contributed by atoms with van der Waals surface area (Å²) in [5, 5.41) is 23.8. The average molecular weight is 429 g/mol. The number of aliphatic hydroxyl groups excluding tert-OH is 1. The van der Waals surface area contributed by atoms with Crippen molar-refractivity contribution < 1.29 is 29.4 Å². The smallest absolute Gasteiger partial charge is 0.328 e. The molecule has 1 heterocycles. The lowest BCUT2D eigenvalue weighted by atomic mass is 9.97. The van der Waals surface area contributed by atoms with Gasteiger partial charge in [0.05, 0.1) is 12.1 Å². The molecule has 30 heavy (non-hydrogen) atoms. The Bertz CT molecular complexity index is 639. The zero-order chi connectivity index (χ0) is 23.2. The van der Waals surface area contributed by atoms with Gasteiger partial charge in [-0.2, -0.15) is 0 Å². The molecule has 1 fully saturated rings. The van der Waals surface area contributed by atoms with Crippen LogP contribution in [0.5, 0.6) is 0 Å². The number of rotatable bonds is 10. The molecule has 172 valence electrons. The molecule has 6 N–H and O–H groups in total. The number of carboxylic acid groups (broad SMARTS) is 1. The van der Waals surface area contributed by atoms with Crippen molar-refractivity contribution in [3.05, 3.63) is 0 Å². The molecular formula is C20H36N4O6. The predicted molar refractivity (Wildman–Crippen MR) is 110 cm³/mol. The molecule has 0 aromatic rings. The van der Waals surface area contributed by atoms with Crippen molar-refractivity contribution >= 4 is 23.7 Å². The van der Waals surface area contributed by atoms with E-state index >= 15 is 0 Å². The SMILES string of the molecule is CC[C@H](C)[C@H](NC(=O)[C@@H]1CCCN1C(=O)[C@@H](N)C(C)C)C(=O)N[C@H](C(=O)O)[C@@H](C)O. The minimum atomic E-state index is -1.49. The Morgan fingerprint density at radius 3 is 2.17 bits per heavy atom. The first-order chi connectivity index (χ1) is 13.9. The number of likely N-dealkylation sites (tertiary alicyclic amines) is 1. The van der Waals surface area contributed by atoms with E-state index in [1.54, 1.807) is 6.92 Å². The molecule has 6 atom stereocenters. The van der Waals surface area contributed by atoms with Gasteiger partial charge in [-0.1, -0.05) is 34.1 Å². The fourth-order valence-electron chi connectivity index (χ4n) is 3.36. The van der Waals surface area contributed by atoms with Crippen LogP contribution in [-0.4, -0.2) is 75.6 Å². The Kier molecular flexibility index (Phi) is 9.70. The predicted octanol–water partition coefficient (Wildman–Crippen LogP) is -0.558. The van der Waals surface area contributed by atoms with Gasteiger partial charge in [-0.15, -0.1) is 0 Å². The van der Waals surface area contributed by atoms with E-state index in [4.69, 9.17) is 5.73 Å². The van der Waals surface area contributed by atoms with Crippen LogP contribution < -0.4 is 16.4 Å².